The molecular weight excluding hydrogens is 324 g/mol. The zero-order valence-corrected chi connectivity index (χ0v) is 15.1. The average molecular weight is 347 g/mol. The van der Waals surface area contributed by atoms with Crippen molar-refractivity contribution in [3.8, 4) is 6.07 Å². The van der Waals surface area contributed by atoms with E-state index in [1.165, 1.54) is 6.20 Å². The second kappa shape index (κ2) is 8.18. The molecule has 1 aromatic rings. The van der Waals surface area contributed by atoms with E-state index < -0.39 is 0 Å². The van der Waals surface area contributed by atoms with Crippen LogP contribution >= 0.6 is 11.6 Å². The summed E-state index contributed by atoms with van der Waals surface area (Å²) in [5, 5.41) is 13.0. The van der Waals surface area contributed by atoms with Gasteiger partial charge in [0.2, 0.25) is 0 Å². The molecule has 0 bridgehead atoms. The highest BCUT2D eigenvalue weighted by Crippen LogP contribution is 2.20. The van der Waals surface area contributed by atoms with Crippen LogP contribution in [0.2, 0.25) is 5.02 Å². The molecule has 1 amide bonds. The summed E-state index contributed by atoms with van der Waals surface area (Å²) in [6.07, 6.45) is 3.34. The van der Waals surface area contributed by atoms with E-state index in [0.29, 0.717) is 5.02 Å². The van der Waals surface area contributed by atoms with Crippen LogP contribution in [0.1, 0.15) is 18.4 Å². The lowest BCUT2D eigenvalue weighted by molar-refractivity contribution is -0.128. The molecule has 1 heterocycles. The second-order valence-corrected chi connectivity index (χ2v) is 6.66. The first-order valence-corrected chi connectivity index (χ1v) is 8.39. The van der Waals surface area contributed by atoms with Crippen molar-refractivity contribution < 1.29 is 4.79 Å². The average Bonchev–Trinajstić information content (AvgIpc) is 2.57. The Balaban J connectivity index is 2.06. The number of rotatable bonds is 4. The number of carbonyl (C=O) groups is 1. The summed E-state index contributed by atoms with van der Waals surface area (Å²) in [5.74, 6) is -0.244. The molecule has 0 unspecified atom stereocenters. The first-order chi connectivity index (χ1) is 11.4. The fraction of sp³-hybridized carbons (Fsp3) is 0.444. The molecule has 0 spiro atoms. The fourth-order valence-electron chi connectivity index (χ4n) is 2.82. The van der Waals surface area contributed by atoms with Gasteiger partial charge in [-0.1, -0.05) is 11.6 Å². The fourth-order valence-corrected chi connectivity index (χ4v) is 3.05. The molecular formula is C18H23ClN4O. The number of anilines is 1. The van der Waals surface area contributed by atoms with Crippen molar-refractivity contribution >= 4 is 23.2 Å². The highest BCUT2D eigenvalue weighted by molar-refractivity contribution is 6.30. The van der Waals surface area contributed by atoms with Crippen molar-refractivity contribution in [2.24, 2.45) is 0 Å². The van der Waals surface area contributed by atoms with E-state index in [1.54, 1.807) is 18.0 Å². The summed E-state index contributed by atoms with van der Waals surface area (Å²) in [7, 11) is 3.86. The predicted molar refractivity (Wildman–Crippen MR) is 96.8 cm³/mol. The van der Waals surface area contributed by atoms with Gasteiger partial charge in [0.1, 0.15) is 11.6 Å². The molecule has 1 aromatic carbocycles. The Morgan fingerprint density at radius 2 is 2.12 bits per heavy atom. The van der Waals surface area contributed by atoms with E-state index in [4.69, 9.17) is 11.6 Å². The van der Waals surface area contributed by atoms with Crippen molar-refractivity contribution in [3.63, 3.8) is 0 Å². The third kappa shape index (κ3) is 4.50. The van der Waals surface area contributed by atoms with Crippen molar-refractivity contribution in [2.45, 2.75) is 25.8 Å². The van der Waals surface area contributed by atoms with Crippen LogP contribution in [0.5, 0.6) is 0 Å². The lowest BCUT2D eigenvalue weighted by Crippen LogP contribution is -2.44. The number of nitrogens with one attached hydrogen (secondary N) is 1. The Morgan fingerprint density at radius 1 is 1.46 bits per heavy atom. The number of hydrogen-bond donors (Lipinski definition) is 1. The van der Waals surface area contributed by atoms with Gasteiger partial charge >= 0.3 is 0 Å². The Bertz CT molecular complexity index is 672. The first-order valence-electron chi connectivity index (χ1n) is 8.01. The van der Waals surface area contributed by atoms with E-state index in [-0.39, 0.29) is 17.5 Å². The van der Waals surface area contributed by atoms with Crippen LogP contribution in [0.4, 0.5) is 5.69 Å². The Kier molecular flexibility index (Phi) is 6.24. The van der Waals surface area contributed by atoms with Crippen LogP contribution in [0.3, 0.4) is 0 Å². The molecule has 1 aliphatic heterocycles. The molecule has 0 radical (unpaired) electrons. The van der Waals surface area contributed by atoms with Crippen LogP contribution < -0.4 is 5.32 Å². The summed E-state index contributed by atoms with van der Waals surface area (Å²) < 4.78 is 0. The van der Waals surface area contributed by atoms with Crippen molar-refractivity contribution in [2.75, 3.05) is 32.5 Å². The van der Waals surface area contributed by atoms with Crippen LogP contribution in [0.15, 0.2) is 30.0 Å². The van der Waals surface area contributed by atoms with E-state index in [1.807, 2.05) is 25.1 Å². The quantitative estimate of drug-likeness (QED) is 0.672. The summed E-state index contributed by atoms with van der Waals surface area (Å²) >= 11 is 5.94. The zero-order chi connectivity index (χ0) is 17.7. The van der Waals surface area contributed by atoms with E-state index in [2.05, 4.69) is 17.3 Å². The van der Waals surface area contributed by atoms with Gasteiger partial charge in [-0.05, 0) is 63.7 Å². The minimum Gasteiger partial charge on any atom is -0.360 e. The second-order valence-electron chi connectivity index (χ2n) is 6.22. The summed E-state index contributed by atoms with van der Waals surface area (Å²) in [6, 6.07) is 7.61. The lowest BCUT2D eigenvalue weighted by Gasteiger charge is -2.35. The lowest BCUT2D eigenvalue weighted by atomic mass is 10.0. The normalized spacial score (nSPS) is 16.5. The minimum atomic E-state index is -0.244. The van der Waals surface area contributed by atoms with Gasteiger partial charge in [0.05, 0.1) is 0 Å². The standard InChI is InChI=1S/C18H23ClN4O/c1-13-10-15(19)4-5-17(13)21-12-14(11-20)18(24)23(3)16-6-8-22(2)9-7-16/h4-5,10,12,16,21H,6-9H2,1-3H3/b14-12-. The van der Waals surface area contributed by atoms with Gasteiger partial charge in [-0.3, -0.25) is 4.79 Å². The third-order valence-electron chi connectivity index (χ3n) is 4.47. The minimum absolute atomic E-state index is 0.103. The van der Waals surface area contributed by atoms with Crippen molar-refractivity contribution in [1.29, 1.82) is 5.26 Å². The topological polar surface area (TPSA) is 59.4 Å². The summed E-state index contributed by atoms with van der Waals surface area (Å²) in [4.78, 5) is 16.5. The van der Waals surface area contributed by atoms with Gasteiger partial charge in [-0.25, -0.2) is 0 Å². The van der Waals surface area contributed by atoms with Gasteiger partial charge in [0.25, 0.3) is 5.91 Å². The molecule has 1 fully saturated rings. The van der Waals surface area contributed by atoms with Gasteiger partial charge in [-0.15, -0.1) is 0 Å². The number of likely N-dealkylation sites (N-methyl/N-ethyl adjacent to an activating group) is 1. The number of likely N-dealkylation sites (tertiary alicyclic amines) is 1. The smallest absolute Gasteiger partial charge is 0.266 e. The SMILES string of the molecule is Cc1cc(Cl)ccc1N/C=C(/C#N)C(=O)N(C)C1CCN(C)CC1. The van der Waals surface area contributed by atoms with Crippen LogP contribution in [0, 0.1) is 18.3 Å². The molecule has 0 aromatic heterocycles. The molecule has 5 nitrogen and oxygen atoms in total. The molecule has 1 N–H and O–H groups in total. The van der Waals surface area contributed by atoms with E-state index in [0.717, 1.165) is 37.2 Å². The number of halogens is 1. The highest BCUT2D eigenvalue weighted by atomic mass is 35.5. The number of piperidine rings is 1. The van der Waals surface area contributed by atoms with Crippen LogP contribution in [-0.2, 0) is 4.79 Å². The number of hydrogen-bond acceptors (Lipinski definition) is 4. The molecule has 0 saturated carbocycles. The Labute approximate surface area is 148 Å². The first kappa shape index (κ1) is 18.3. The zero-order valence-electron chi connectivity index (χ0n) is 14.3. The third-order valence-corrected chi connectivity index (χ3v) is 4.70. The van der Waals surface area contributed by atoms with Gasteiger partial charge in [0.15, 0.2) is 0 Å². The number of aryl methyl sites for hydroxylation is 1. The molecule has 0 aliphatic carbocycles. The van der Waals surface area contributed by atoms with E-state index >= 15 is 0 Å². The molecule has 128 valence electrons. The number of benzene rings is 1. The van der Waals surface area contributed by atoms with Gasteiger partial charge < -0.3 is 15.1 Å². The molecule has 2 rings (SSSR count). The van der Waals surface area contributed by atoms with Gasteiger partial charge in [0, 0.05) is 30.0 Å². The molecule has 6 heteroatoms. The van der Waals surface area contributed by atoms with Crippen LogP contribution in [-0.4, -0.2) is 48.9 Å². The molecule has 1 saturated heterocycles. The van der Waals surface area contributed by atoms with Gasteiger partial charge in [-0.2, -0.15) is 5.26 Å². The largest absolute Gasteiger partial charge is 0.360 e. The number of carbonyl (C=O) groups excluding carboxylic acids is 1. The summed E-state index contributed by atoms with van der Waals surface area (Å²) in [6.45, 7) is 3.85. The Hall–Kier alpha value is -2.03. The number of nitrogens with zero attached hydrogens (tertiary/aromatic N) is 3. The summed E-state index contributed by atoms with van der Waals surface area (Å²) in [5.41, 5.74) is 1.87. The highest BCUT2D eigenvalue weighted by Gasteiger charge is 2.25. The number of amides is 1. The maximum Gasteiger partial charge on any atom is 0.266 e. The molecule has 1 aliphatic rings. The monoisotopic (exact) mass is 346 g/mol. The Morgan fingerprint density at radius 3 is 2.71 bits per heavy atom. The maximum atomic E-state index is 12.6. The van der Waals surface area contributed by atoms with E-state index in [9.17, 15) is 10.1 Å². The molecule has 0 atom stereocenters. The number of nitriles is 1. The van der Waals surface area contributed by atoms with Crippen molar-refractivity contribution in [1.82, 2.24) is 9.80 Å². The van der Waals surface area contributed by atoms with Crippen LogP contribution in [0.25, 0.3) is 0 Å². The molecule has 24 heavy (non-hydrogen) atoms. The maximum absolute atomic E-state index is 12.6. The van der Waals surface area contributed by atoms with Crippen molar-refractivity contribution in [3.05, 3.63) is 40.6 Å². The predicted octanol–water partition coefficient (Wildman–Crippen LogP) is 3.02.